The number of benzene rings is 2. The fourth-order valence-corrected chi connectivity index (χ4v) is 2.48. The zero-order valence-electron chi connectivity index (χ0n) is 14.2. The van der Waals surface area contributed by atoms with E-state index in [2.05, 4.69) is 0 Å². The van der Waals surface area contributed by atoms with Gasteiger partial charge in [0.25, 0.3) is 0 Å². The molecule has 0 unspecified atom stereocenters. The van der Waals surface area contributed by atoms with Gasteiger partial charge in [-0.3, -0.25) is 0 Å². The van der Waals surface area contributed by atoms with Gasteiger partial charge >= 0.3 is 5.97 Å². The molecule has 0 aliphatic rings. The molecule has 0 aromatic heterocycles. The van der Waals surface area contributed by atoms with Crippen LogP contribution in [0, 0.1) is 5.92 Å². The molecule has 0 amide bonds. The first kappa shape index (κ1) is 18.0. The van der Waals surface area contributed by atoms with Gasteiger partial charge in [-0.15, -0.1) is 0 Å². The van der Waals surface area contributed by atoms with Crippen molar-refractivity contribution < 1.29 is 14.3 Å². The minimum Gasteiger partial charge on any atom is -0.463 e. The van der Waals surface area contributed by atoms with E-state index in [0.717, 1.165) is 11.1 Å². The largest absolute Gasteiger partial charge is 0.463 e. The molecule has 126 valence electrons. The summed E-state index contributed by atoms with van der Waals surface area (Å²) >= 11 is 0. The van der Waals surface area contributed by atoms with Gasteiger partial charge in [-0.25, -0.2) is 4.79 Å². The normalized spacial score (nSPS) is 13.6. The summed E-state index contributed by atoms with van der Waals surface area (Å²) in [5, 5.41) is 0. The summed E-state index contributed by atoms with van der Waals surface area (Å²) in [6.07, 6.45) is 3.20. The van der Waals surface area contributed by atoms with Crippen molar-refractivity contribution in [1.29, 1.82) is 0 Å². The molecule has 24 heavy (non-hydrogen) atoms. The molecule has 0 aliphatic heterocycles. The fourth-order valence-electron chi connectivity index (χ4n) is 2.48. The molecule has 2 atom stereocenters. The second-order valence-electron chi connectivity index (χ2n) is 5.60. The Morgan fingerprint density at radius 2 is 1.67 bits per heavy atom. The van der Waals surface area contributed by atoms with Crippen molar-refractivity contribution in [2.45, 2.75) is 26.6 Å². The van der Waals surface area contributed by atoms with E-state index in [-0.39, 0.29) is 18.0 Å². The molecule has 0 saturated carbocycles. The van der Waals surface area contributed by atoms with Crippen LogP contribution in [0.1, 0.15) is 31.1 Å². The predicted molar refractivity (Wildman–Crippen MR) is 95.4 cm³/mol. The Morgan fingerprint density at radius 3 is 2.29 bits per heavy atom. The van der Waals surface area contributed by atoms with Crippen LogP contribution < -0.4 is 0 Å². The molecule has 2 aromatic rings. The Balaban J connectivity index is 2.09. The van der Waals surface area contributed by atoms with Crippen LogP contribution >= 0.6 is 0 Å². The van der Waals surface area contributed by atoms with E-state index in [4.69, 9.17) is 9.47 Å². The first-order valence-corrected chi connectivity index (χ1v) is 8.26. The number of hydrogen-bond donors (Lipinski definition) is 0. The summed E-state index contributed by atoms with van der Waals surface area (Å²) in [5.74, 6) is -0.278. The highest BCUT2D eigenvalue weighted by Gasteiger charge is 2.18. The summed E-state index contributed by atoms with van der Waals surface area (Å²) in [5.41, 5.74) is 2.22. The van der Waals surface area contributed by atoms with Crippen molar-refractivity contribution in [3.8, 4) is 0 Å². The maximum atomic E-state index is 11.5. The number of rotatable bonds is 8. The van der Waals surface area contributed by atoms with Crippen LogP contribution in [0.4, 0.5) is 0 Å². The van der Waals surface area contributed by atoms with E-state index in [9.17, 15) is 4.79 Å². The van der Waals surface area contributed by atoms with Crippen LogP contribution in [-0.4, -0.2) is 12.6 Å². The fraction of sp³-hybridized carbons (Fsp3) is 0.286. The highest BCUT2D eigenvalue weighted by atomic mass is 16.5. The van der Waals surface area contributed by atoms with Crippen molar-refractivity contribution in [2.24, 2.45) is 5.92 Å². The zero-order valence-corrected chi connectivity index (χ0v) is 14.2. The summed E-state index contributed by atoms with van der Waals surface area (Å²) in [7, 11) is 0. The van der Waals surface area contributed by atoms with Crippen LogP contribution in [0.25, 0.3) is 0 Å². The molecule has 3 heteroatoms. The Kier molecular flexibility index (Phi) is 7.24. The summed E-state index contributed by atoms with van der Waals surface area (Å²) in [4.78, 5) is 11.5. The van der Waals surface area contributed by atoms with Crippen LogP contribution in [0.15, 0.2) is 72.8 Å². The van der Waals surface area contributed by atoms with E-state index in [1.54, 1.807) is 6.92 Å². The average Bonchev–Trinajstić information content (AvgIpc) is 2.62. The van der Waals surface area contributed by atoms with Gasteiger partial charge < -0.3 is 9.47 Å². The molecule has 0 aliphatic carbocycles. The molecule has 2 aromatic carbocycles. The third-order valence-corrected chi connectivity index (χ3v) is 3.70. The van der Waals surface area contributed by atoms with Gasteiger partial charge in [-0.1, -0.05) is 73.7 Å². The SMILES string of the molecule is CCOC(=O)/C=C/[C@H](C)[C@H](OCc1ccccc1)c1ccccc1. The average molecular weight is 324 g/mol. The molecule has 0 bridgehead atoms. The van der Waals surface area contributed by atoms with Crippen molar-refractivity contribution in [2.75, 3.05) is 6.61 Å². The van der Waals surface area contributed by atoms with Crippen molar-refractivity contribution >= 4 is 5.97 Å². The molecular formula is C21H24O3. The third kappa shape index (κ3) is 5.67. The van der Waals surface area contributed by atoms with E-state index >= 15 is 0 Å². The summed E-state index contributed by atoms with van der Waals surface area (Å²) < 4.78 is 11.1. The van der Waals surface area contributed by atoms with Crippen LogP contribution in [-0.2, 0) is 20.9 Å². The maximum absolute atomic E-state index is 11.5. The van der Waals surface area contributed by atoms with Gasteiger partial charge in [0, 0.05) is 12.0 Å². The monoisotopic (exact) mass is 324 g/mol. The lowest BCUT2D eigenvalue weighted by molar-refractivity contribution is -0.137. The minimum atomic E-state index is -0.320. The molecule has 0 saturated heterocycles. The van der Waals surface area contributed by atoms with Gasteiger partial charge in [0.15, 0.2) is 0 Å². The van der Waals surface area contributed by atoms with Crippen LogP contribution in [0.5, 0.6) is 0 Å². The van der Waals surface area contributed by atoms with Crippen LogP contribution in [0.3, 0.4) is 0 Å². The van der Waals surface area contributed by atoms with E-state index in [0.29, 0.717) is 13.2 Å². The Labute approximate surface area is 143 Å². The second kappa shape index (κ2) is 9.68. The Bertz CT molecular complexity index is 635. The number of carbonyl (C=O) groups excluding carboxylic acids is 1. The highest BCUT2D eigenvalue weighted by Crippen LogP contribution is 2.28. The van der Waals surface area contributed by atoms with E-state index in [1.807, 2.05) is 73.7 Å². The standard InChI is InChI=1S/C21H24O3/c1-3-23-20(22)15-14-17(2)21(19-12-8-5-9-13-19)24-16-18-10-6-4-7-11-18/h4-15,17,21H,3,16H2,1-2H3/b15-14+/t17-,21-/m0/s1. The molecule has 0 spiro atoms. The number of hydrogen-bond acceptors (Lipinski definition) is 3. The Morgan fingerprint density at radius 1 is 1.04 bits per heavy atom. The topological polar surface area (TPSA) is 35.5 Å². The van der Waals surface area contributed by atoms with Gasteiger partial charge in [0.05, 0.1) is 19.3 Å². The molecule has 0 radical (unpaired) electrons. The minimum absolute atomic E-state index is 0.0421. The second-order valence-corrected chi connectivity index (χ2v) is 5.60. The molecular weight excluding hydrogens is 300 g/mol. The quantitative estimate of drug-likeness (QED) is 0.521. The molecule has 2 rings (SSSR count). The number of ether oxygens (including phenoxy) is 2. The van der Waals surface area contributed by atoms with Gasteiger partial charge in [-0.05, 0) is 18.1 Å². The first-order chi connectivity index (χ1) is 11.7. The van der Waals surface area contributed by atoms with Crippen molar-refractivity contribution in [3.05, 3.63) is 83.9 Å². The first-order valence-electron chi connectivity index (χ1n) is 8.26. The molecule has 3 nitrogen and oxygen atoms in total. The van der Waals surface area contributed by atoms with Gasteiger partial charge in [-0.2, -0.15) is 0 Å². The lowest BCUT2D eigenvalue weighted by atomic mass is 9.96. The Hall–Kier alpha value is -2.39. The van der Waals surface area contributed by atoms with Gasteiger partial charge in [0.2, 0.25) is 0 Å². The smallest absolute Gasteiger partial charge is 0.330 e. The van der Waals surface area contributed by atoms with E-state index < -0.39 is 0 Å². The summed E-state index contributed by atoms with van der Waals surface area (Å²) in [6.45, 7) is 4.74. The third-order valence-electron chi connectivity index (χ3n) is 3.70. The highest BCUT2D eigenvalue weighted by molar-refractivity contribution is 5.81. The number of esters is 1. The number of carbonyl (C=O) groups is 1. The zero-order chi connectivity index (χ0) is 17.2. The molecule has 0 fully saturated rings. The molecule has 0 heterocycles. The maximum Gasteiger partial charge on any atom is 0.330 e. The van der Waals surface area contributed by atoms with Crippen LogP contribution in [0.2, 0.25) is 0 Å². The van der Waals surface area contributed by atoms with Crippen molar-refractivity contribution in [1.82, 2.24) is 0 Å². The predicted octanol–water partition coefficient (Wildman–Crippen LogP) is 4.70. The molecule has 0 N–H and O–H groups in total. The summed E-state index contributed by atoms with van der Waals surface area (Å²) in [6, 6.07) is 20.1. The van der Waals surface area contributed by atoms with E-state index in [1.165, 1.54) is 6.08 Å². The lowest BCUT2D eigenvalue weighted by Gasteiger charge is -2.23. The van der Waals surface area contributed by atoms with Gasteiger partial charge in [0.1, 0.15) is 0 Å². The lowest BCUT2D eigenvalue weighted by Crippen LogP contribution is -2.13. The van der Waals surface area contributed by atoms with Crippen molar-refractivity contribution in [3.63, 3.8) is 0 Å².